The van der Waals surface area contributed by atoms with Crippen LogP contribution in [0.3, 0.4) is 0 Å². The zero-order valence-corrected chi connectivity index (χ0v) is 20.3. The van der Waals surface area contributed by atoms with E-state index in [1.807, 2.05) is 0 Å². The molecule has 0 aromatic heterocycles. The lowest BCUT2D eigenvalue weighted by Gasteiger charge is -2.55. The van der Waals surface area contributed by atoms with Crippen molar-refractivity contribution in [2.24, 2.45) is 17.8 Å². The summed E-state index contributed by atoms with van der Waals surface area (Å²) in [4.78, 5) is 30.2. The Hall–Kier alpha value is -1.11. The predicted octanol–water partition coefficient (Wildman–Crippen LogP) is 3.40. The summed E-state index contributed by atoms with van der Waals surface area (Å²) in [5.41, 5.74) is 0. The first-order valence-corrected chi connectivity index (χ1v) is 14.4. The maximum absolute atomic E-state index is 13.5. The van der Waals surface area contributed by atoms with Crippen LogP contribution < -0.4 is 0 Å². The number of carbonyl (C=O) groups excluding carboxylic acids is 2. The van der Waals surface area contributed by atoms with Crippen molar-refractivity contribution >= 4 is 21.7 Å². The normalized spacial score (nSPS) is 37.5. The molecule has 7 heteroatoms. The second kappa shape index (κ2) is 9.03. The number of amides is 2. The third kappa shape index (κ3) is 4.67. The van der Waals surface area contributed by atoms with Gasteiger partial charge in [0.2, 0.25) is 11.8 Å². The molecule has 4 rings (SSSR count). The number of fused-ring (bicyclic) bond motifs is 1. The van der Waals surface area contributed by atoms with Crippen LogP contribution in [0.1, 0.15) is 84.5 Å². The standard InChI is InChI=1S/C24H40N2O4S/c1-16-15-25(24(28)19-6-4-5-7-19)23-14-20(10-13-22(23)26(16)17(2)27)18-8-11-21(12-9-18)31(3,29)30/h16,18-23H,4-15H2,1-3H3/t16-,18?,20?,21?,22?,23?/m0/s1. The number of sulfone groups is 1. The quantitative estimate of drug-likeness (QED) is 0.658. The summed E-state index contributed by atoms with van der Waals surface area (Å²) < 4.78 is 23.9. The van der Waals surface area contributed by atoms with Gasteiger partial charge in [0, 0.05) is 31.7 Å². The Labute approximate surface area is 188 Å². The molecule has 4 aliphatic rings. The zero-order chi connectivity index (χ0) is 22.3. The Kier molecular flexibility index (Phi) is 6.72. The Balaban J connectivity index is 1.50. The molecular weight excluding hydrogens is 412 g/mol. The summed E-state index contributed by atoms with van der Waals surface area (Å²) in [6, 6.07) is 0.334. The molecule has 6 nitrogen and oxygen atoms in total. The number of hydrogen-bond donors (Lipinski definition) is 0. The highest BCUT2D eigenvalue weighted by Crippen LogP contribution is 2.44. The van der Waals surface area contributed by atoms with E-state index in [1.54, 1.807) is 6.92 Å². The maximum atomic E-state index is 13.5. The minimum absolute atomic E-state index is 0.0749. The lowest BCUT2D eigenvalue weighted by atomic mass is 9.69. The highest BCUT2D eigenvalue weighted by molar-refractivity contribution is 7.91. The van der Waals surface area contributed by atoms with Crippen molar-refractivity contribution in [2.45, 2.75) is 108 Å². The summed E-state index contributed by atoms with van der Waals surface area (Å²) in [6.45, 7) is 4.41. The molecule has 3 saturated carbocycles. The van der Waals surface area contributed by atoms with Gasteiger partial charge in [-0.1, -0.05) is 12.8 Å². The van der Waals surface area contributed by atoms with Gasteiger partial charge in [-0.15, -0.1) is 0 Å². The third-order valence-corrected chi connectivity index (χ3v) is 10.5. The van der Waals surface area contributed by atoms with Crippen LogP contribution in [0, 0.1) is 17.8 Å². The Bertz CT molecular complexity index is 783. The molecule has 0 radical (unpaired) electrons. The molecule has 4 atom stereocenters. The van der Waals surface area contributed by atoms with E-state index in [9.17, 15) is 18.0 Å². The number of piperazine rings is 1. The largest absolute Gasteiger partial charge is 0.335 e. The third-order valence-electron chi connectivity index (χ3n) is 8.86. The van der Waals surface area contributed by atoms with Gasteiger partial charge in [0.05, 0.1) is 17.3 Å². The molecule has 1 saturated heterocycles. The van der Waals surface area contributed by atoms with E-state index in [0.717, 1.165) is 70.6 Å². The van der Waals surface area contributed by atoms with Gasteiger partial charge < -0.3 is 9.80 Å². The first kappa shape index (κ1) is 23.1. The van der Waals surface area contributed by atoms with E-state index in [4.69, 9.17) is 0 Å². The minimum atomic E-state index is -2.95. The molecule has 176 valence electrons. The molecule has 1 aliphatic heterocycles. The fourth-order valence-corrected chi connectivity index (χ4v) is 8.41. The van der Waals surface area contributed by atoms with Gasteiger partial charge in [0.15, 0.2) is 0 Å². The van der Waals surface area contributed by atoms with Crippen molar-refractivity contribution in [1.82, 2.24) is 9.80 Å². The van der Waals surface area contributed by atoms with Crippen molar-refractivity contribution in [3.63, 3.8) is 0 Å². The summed E-state index contributed by atoms with van der Waals surface area (Å²) in [5.74, 6) is 1.70. The minimum Gasteiger partial charge on any atom is -0.335 e. The van der Waals surface area contributed by atoms with Crippen LogP contribution in [0.25, 0.3) is 0 Å². The number of rotatable bonds is 3. The average Bonchev–Trinajstić information content (AvgIpc) is 3.26. The van der Waals surface area contributed by atoms with Crippen molar-refractivity contribution in [3.8, 4) is 0 Å². The van der Waals surface area contributed by atoms with Crippen LogP contribution in [0.4, 0.5) is 0 Å². The maximum Gasteiger partial charge on any atom is 0.226 e. The molecule has 2 amide bonds. The highest BCUT2D eigenvalue weighted by atomic mass is 32.2. The molecule has 0 aromatic rings. The molecule has 0 aromatic carbocycles. The summed E-state index contributed by atoms with van der Waals surface area (Å²) in [5, 5.41) is -0.177. The zero-order valence-electron chi connectivity index (χ0n) is 19.5. The van der Waals surface area contributed by atoms with E-state index < -0.39 is 9.84 Å². The first-order chi connectivity index (χ1) is 14.7. The fraction of sp³-hybridized carbons (Fsp3) is 0.917. The molecule has 31 heavy (non-hydrogen) atoms. The van der Waals surface area contributed by atoms with Gasteiger partial charge in [-0.2, -0.15) is 0 Å². The lowest BCUT2D eigenvalue weighted by Crippen LogP contribution is -2.67. The van der Waals surface area contributed by atoms with Gasteiger partial charge >= 0.3 is 0 Å². The molecular formula is C24H40N2O4S. The van der Waals surface area contributed by atoms with E-state index in [2.05, 4.69) is 16.7 Å². The number of nitrogens with zero attached hydrogens (tertiary/aromatic N) is 2. The first-order valence-electron chi connectivity index (χ1n) is 12.4. The number of carbonyl (C=O) groups is 2. The fourth-order valence-electron chi connectivity index (χ4n) is 7.28. The van der Waals surface area contributed by atoms with Crippen LogP contribution in [-0.4, -0.2) is 66.2 Å². The molecule has 3 aliphatic carbocycles. The smallest absolute Gasteiger partial charge is 0.226 e. The van der Waals surface area contributed by atoms with Crippen LogP contribution in [0.5, 0.6) is 0 Å². The summed E-state index contributed by atoms with van der Waals surface area (Å²) in [6.07, 6.45) is 12.2. The molecule has 3 unspecified atom stereocenters. The molecule has 0 bridgehead atoms. The molecule has 0 spiro atoms. The molecule has 1 heterocycles. The monoisotopic (exact) mass is 452 g/mol. The Morgan fingerprint density at radius 3 is 2.03 bits per heavy atom. The lowest BCUT2D eigenvalue weighted by molar-refractivity contribution is -0.157. The molecule has 4 fully saturated rings. The van der Waals surface area contributed by atoms with Gasteiger partial charge in [-0.05, 0) is 76.5 Å². The van der Waals surface area contributed by atoms with Gasteiger partial charge in [0.25, 0.3) is 0 Å². The Morgan fingerprint density at radius 2 is 1.45 bits per heavy atom. The van der Waals surface area contributed by atoms with Crippen LogP contribution in [-0.2, 0) is 19.4 Å². The summed E-state index contributed by atoms with van der Waals surface area (Å²) in [7, 11) is -2.95. The van der Waals surface area contributed by atoms with E-state index in [-0.39, 0.29) is 35.2 Å². The van der Waals surface area contributed by atoms with Crippen molar-refractivity contribution in [1.29, 1.82) is 0 Å². The second-order valence-electron chi connectivity index (χ2n) is 10.8. The van der Waals surface area contributed by atoms with Crippen molar-refractivity contribution in [3.05, 3.63) is 0 Å². The van der Waals surface area contributed by atoms with Crippen LogP contribution in [0.15, 0.2) is 0 Å². The van der Waals surface area contributed by atoms with Gasteiger partial charge in [-0.25, -0.2) is 8.42 Å². The topological polar surface area (TPSA) is 74.8 Å². The van der Waals surface area contributed by atoms with Gasteiger partial charge in [-0.3, -0.25) is 9.59 Å². The van der Waals surface area contributed by atoms with E-state index >= 15 is 0 Å². The predicted molar refractivity (Wildman–Crippen MR) is 121 cm³/mol. The van der Waals surface area contributed by atoms with Crippen LogP contribution >= 0.6 is 0 Å². The Morgan fingerprint density at radius 1 is 0.839 bits per heavy atom. The van der Waals surface area contributed by atoms with Crippen molar-refractivity contribution in [2.75, 3.05) is 12.8 Å². The highest BCUT2D eigenvalue weighted by Gasteiger charge is 2.48. The van der Waals surface area contributed by atoms with E-state index in [0.29, 0.717) is 24.3 Å². The number of hydrogen-bond acceptors (Lipinski definition) is 4. The SMILES string of the molecule is CC(=O)N1C2CCC(C3CCC(S(C)(=O)=O)CC3)CC2N(C(=O)C2CCCC2)C[C@@H]1C. The average molecular weight is 453 g/mol. The molecule has 0 N–H and O–H groups in total. The van der Waals surface area contributed by atoms with Crippen LogP contribution in [0.2, 0.25) is 0 Å². The van der Waals surface area contributed by atoms with E-state index in [1.165, 1.54) is 6.26 Å². The van der Waals surface area contributed by atoms with Crippen molar-refractivity contribution < 1.29 is 18.0 Å². The second-order valence-corrected chi connectivity index (χ2v) is 13.1. The summed E-state index contributed by atoms with van der Waals surface area (Å²) >= 11 is 0. The van der Waals surface area contributed by atoms with Gasteiger partial charge in [0.1, 0.15) is 9.84 Å².